The number of hydrogen-bond acceptors (Lipinski definition) is 3. The molecule has 0 spiro atoms. The van der Waals surface area contributed by atoms with E-state index in [4.69, 9.17) is 5.11 Å². The van der Waals surface area contributed by atoms with Crippen LogP contribution >= 0.6 is 0 Å². The van der Waals surface area contributed by atoms with Crippen molar-refractivity contribution >= 4 is 17.7 Å². The van der Waals surface area contributed by atoms with Gasteiger partial charge in [0.15, 0.2) is 0 Å². The third kappa shape index (κ3) is 4.33. The molecule has 0 fully saturated rings. The quantitative estimate of drug-likeness (QED) is 0.669. The van der Waals surface area contributed by atoms with Gasteiger partial charge in [0.25, 0.3) is 0 Å². The number of aromatic nitrogens is 1. The van der Waals surface area contributed by atoms with Crippen molar-refractivity contribution in [2.75, 3.05) is 5.32 Å². The van der Waals surface area contributed by atoms with Gasteiger partial charge in [0, 0.05) is 6.20 Å². The second kappa shape index (κ2) is 6.26. The van der Waals surface area contributed by atoms with Crippen LogP contribution in [0.15, 0.2) is 37.2 Å². The van der Waals surface area contributed by atoms with Crippen molar-refractivity contribution in [3.05, 3.63) is 37.2 Å². The van der Waals surface area contributed by atoms with Crippen molar-refractivity contribution in [3.8, 4) is 0 Å². The molecule has 1 rings (SSSR count). The zero-order chi connectivity index (χ0) is 12.7. The minimum atomic E-state index is -1.11. The van der Waals surface area contributed by atoms with Crippen LogP contribution in [0.5, 0.6) is 0 Å². The Kier molecular flexibility index (Phi) is 4.68. The highest BCUT2D eigenvalue weighted by Gasteiger charge is 2.17. The van der Waals surface area contributed by atoms with Crippen LogP contribution in [0.2, 0.25) is 0 Å². The lowest BCUT2D eigenvalue weighted by Gasteiger charge is -2.13. The number of anilines is 1. The number of rotatable bonds is 5. The lowest BCUT2D eigenvalue weighted by atomic mass is 10.2. The Morgan fingerprint density at radius 3 is 2.88 bits per heavy atom. The van der Waals surface area contributed by atoms with Gasteiger partial charge in [-0.05, 0) is 18.6 Å². The Hall–Kier alpha value is -2.37. The molecule has 1 aromatic rings. The summed E-state index contributed by atoms with van der Waals surface area (Å²) in [6.07, 6.45) is 4.63. The van der Waals surface area contributed by atoms with Gasteiger partial charge in [-0.25, -0.2) is 9.59 Å². The molecule has 90 valence electrons. The van der Waals surface area contributed by atoms with Crippen LogP contribution in [0.3, 0.4) is 0 Å². The zero-order valence-corrected chi connectivity index (χ0v) is 9.09. The summed E-state index contributed by atoms with van der Waals surface area (Å²) in [7, 11) is 0. The van der Waals surface area contributed by atoms with Gasteiger partial charge in [-0.3, -0.25) is 4.98 Å². The van der Waals surface area contributed by atoms with Crippen LogP contribution in [-0.4, -0.2) is 28.1 Å². The summed E-state index contributed by atoms with van der Waals surface area (Å²) in [4.78, 5) is 26.0. The van der Waals surface area contributed by atoms with Crippen LogP contribution in [-0.2, 0) is 4.79 Å². The topological polar surface area (TPSA) is 91.3 Å². The highest BCUT2D eigenvalue weighted by molar-refractivity contribution is 5.92. The second-order valence-corrected chi connectivity index (χ2v) is 3.26. The van der Waals surface area contributed by atoms with E-state index in [1.54, 1.807) is 18.3 Å². The van der Waals surface area contributed by atoms with E-state index in [1.165, 1.54) is 12.3 Å². The summed E-state index contributed by atoms with van der Waals surface area (Å²) in [5.74, 6) is -1.11. The molecule has 0 aromatic carbocycles. The fourth-order valence-corrected chi connectivity index (χ4v) is 1.15. The molecule has 1 atom stereocenters. The molecule has 0 aliphatic heterocycles. The lowest BCUT2D eigenvalue weighted by molar-refractivity contribution is -0.139. The Bertz CT molecular complexity index is 406. The normalized spacial score (nSPS) is 11.3. The van der Waals surface area contributed by atoms with Gasteiger partial charge in [0.1, 0.15) is 6.04 Å². The number of hydrogen-bond donors (Lipinski definition) is 3. The SMILES string of the molecule is C=CCC(NC(=O)Nc1cccnc1)C(=O)O. The van der Waals surface area contributed by atoms with E-state index in [0.717, 1.165) is 0 Å². The molecule has 17 heavy (non-hydrogen) atoms. The second-order valence-electron chi connectivity index (χ2n) is 3.26. The lowest BCUT2D eigenvalue weighted by Crippen LogP contribution is -2.42. The number of amides is 2. The van der Waals surface area contributed by atoms with E-state index in [1.807, 2.05) is 0 Å². The number of carboxylic acid groups (broad SMARTS) is 1. The number of carboxylic acids is 1. The van der Waals surface area contributed by atoms with Crippen molar-refractivity contribution in [2.24, 2.45) is 0 Å². The van der Waals surface area contributed by atoms with E-state index in [-0.39, 0.29) is 6.42 Å². The van der Waals surface area contributed by atoms with Gasteiger partial charge < -0.3 is 15.7 Å². The summed E-state index contributed by atoms with van der Waals surface area (Å²) in [5, 5.41) is 13.6. The highest BCUT2D eigenvalue weighted by atomic mass is 16.4. The average molecular weight is 235 g/mol. The third-order valence-electron chi connectivity index (χ3n) is 1.93. The van der Waals surface area contributed by atoms with Gasteiger partial charge in [-0.15, -0.1) is 6.58 Å². The first-order chi connectivity index (χ1) is 8.13. The molecular formula is C11H13N3O3. The first-order valence-electron chi connectivity index (χ1n) is 4.94. The number of aliphatic carboxylic acids is 1. The summed E-state index contributed by atoms with van der Waals surface area (Å²) < 4.78 is 0. The van der Waals surface area contributed by atoms with Crippen LogP contribution in [0, 0.1) is 0 Å². The predicted molar refractivity (Wildman–Crippen MR) is 62.6 cm³/mol. The molecule has 0 bridgehead atoms. The Balaban J connectivity index is 2.53. The third-order valence-corrected chi connectivity index (χ3v) is 1.93. The van der Waals surface area contributed by atoms with Crippen LogP contribution in [0.4, 0.5) is 10.5 Å². The van der Waals surface area contributed by atoms with Crippen molar-refractivity contribution in [1.82, 2.24) is 10.3 Å². The molecule has 6 heteroatoms. The van der Waals surface area contributed by atoms with Crippen molar-refractivity contribution in [1.29, 1.82) is 0 Å². The molecular weight excluding hydrogens is 222 g/mol. The number of carbonyl (C=O) groups excluding carboxylic acids is 1. The summed E-state index contributed by atoms with van der Waals surface area (Å²) >= 11 is 0. The van der Waals surface area contributed by atoms with Crippen molar-refractivity contribution in [2.45, 2.75) is 12.5 Å². The Labute approximate surface area is 98.4 Å². The molecule has 0 saturated carbocycles. The Morgan fingerprint density at radius 2 is 2.35 bits per heavy atom. The van der Waals surface area contributed by atoms with E-state index in [0.29, 0.717) is 5.69 Å². The number of carbonyl (C=O) groups is 2. The van der Waals surface area contributed by atoms with Gasteiger partial charge in [0.05, 0.1) is 11.9 Å². The zero-order valence-electron chi connectivity index (χ0n) is 9.09. The first-order valence-corrected chi connectivity index (χ1v) is 4.94. The smallest absolute Gasteiger partial charge is 0.326 e. The minimum Gasteiger partial charge on any atom is -0.480 e. The molecule has 2 amide bonds. The number of nitrogens with zero attached hydrogens (tertiary/aromatic N) is 1. The van der Waals surface area contributed by atoms with Gasteiger partial charge in [0.2, 0.25) is 0 Å². The van der Waals surface area contributed by atoms with Gasteiger partial charge in [-0.1, -0.05) is 6.08 Å². The Morgan fingerprint density at radius 1 is 1.59 bits per heavy atom. The maximum atomic E-state index is 11.5. The predicted octanol–water partition coefficient (Wildman–Crippen LogP) is 1.23. The largest absolute Gasteiger partial charge is 0.480 e. The van der Waals surface area contributed by atoms with Gasteiger partial charge >= 0.3 is 12.0 Å². The number of urea groups is 1. The van der Waals surface area contributed by atoms with E-state index < -0.39 is 18.0 Å². The first kappa shape index (κ1) is 12.7. The van der Waals surface area contributed by atoms with E-state index >= 15 is 0 Å². The fraction of sp³-hybridized carbons (Fsp3) is 0.182. The molecule has 0 aliphatic carbocycles. The van der Waals surface area contributed by atoms with Crippen LogP contribution in [0.25, 0.3) is 0 Å². The molecule has 0 saturated heterocycles. The molecule has 3 N–H and O–H groups in total. The van der Waals surface area contributed by atoms with Crippen LogP contribution < -0.4 is 10.6 Å². The van der Waals surface area contributed by atoms with E-state index in [9.17, 15) is 9.59 Å². The molecule has 1 heterocycles. The molecule has 6 nitrogen and oxygen atoms in total. The van der Waals surface area contributed by atoms with Crippen molar-refractivity contribution < 1.29 is 14.7 Å². The van der Waals surface area contributed by atoms with Crippen LogP contribution in [0.1, 0.15) is 6.42 Å². The summed E-state index contributed by atoms with van der Waals surface area (Å²) in [6.45, 7) is 3.43. The fourth-order valence-electron chi connectivity index (χ4n) is 1.15. The molecule has 1 aromatic heterocycles. The molecule has 0 aliphatic rings. The molecule has 0 radical (unpaired) electrons. The minimum absolute atomic E-state index is 0.162. The molecule has 1 unspecified atom stereocenters. The maximum absolute atomic E-state index is 11.5. The van der Waals surface area contributed by atoms with Gasteiger partial charge in [-0.2, -0.15) is 0 Å². The van der Waals surface area contributed by atoms with E-state index in [2.05, 4.69) is 22.2 Å². The maximum Gasteiger partial charge on any atom is 0.326 e. The standard InChI is InChI=1S/C11H13N3O3/c1-2-4-9(10(15)16)14-11(17)13-8-5-3-6-12-7-8/h2-3,5-7,9H,1,4H2,(H,15,16)(H2,13,14,17). The monoisotopic (exact) mass is 235 g/mol. The highest BCUT2D eigenvalue weighted by Crippen LogP contribution is 2.02. The average Bonchev–Trinajstić information content (AvgIpc) is 2.29. The number of pyridine rings is 1. The summed E-state index contributed by atoms with van der Waals surface area (Å²) in [5.41, 5.74) is 0.493. The number of nitrogens with one attached hydrogen (secondary N) is 2. The van der Waals surface area contributed by atoms with Crippen molar-refractivity contribution in [3.63, 3.8) is 0 Å². The summed E-state index contributed by atoms with van der Waals surface area (Å²) in [6, 6.07) is 1.74.